The standard InChI is InChI=1S/C21H20N6O5/c1-13-8-10-14(11-9-13)20(28)25-24-18-17(27(30)31)19(23-12-22-18)26(2)16-7-5-4-6-15(16)21(29)32-3/h4-12H,1-3H3,(H,25,28)(H,22,23,24). The molecule has 0 aliphatic rings. The number of aromatic nitrogens is 2. The highest BCUT2D eigenvalue weighted by Crippen LogP contribution is 2.35. The Hall–Kier alpha value is -4.54. The van der Waals surface area contributed by atoms with Crippen LogP contribution >= 0.6 is 0 Å². The van der Waals surface area contributed by atoms with E-state index in [0.29, 0.717) is 11.3 Å². The Labute approximate surface area is 183 Å². The van der Waals surface area contributed by atoms with E-state index in [2.05, 4.69) is 20.8 Å². The second-order valence-electron chi connectivity index (χ2n) is 6.66. The van der Waals surface area contributed by atoms with E-state index < -0.39 is 22.5 Å². The first kappa shape index (κ1) is 22.2. The minimum Gasteiger partial charge on any atom is -0.465 e. The number of carbonyl (C=O) groups is 2. The van der Waals surface area contributed by atoms with Crippen molar-refractivity contribution in [3.8, 4) is 0 Å². The average molecular weight is 436 g/mol. The predicted octanol–water partition coefficient (Wildman–Crippen LogP) is 3.00. The van der Waals surface area contributed by atoms with Gasteiger partial charge in [0.25, 0.3) is 5.91 Å². The summed E-state index contributed by atoms with van der Waals surface area (Å²) < 4.78 is 4.79. The maximum absolute atomic E-state index is 12.4. The Bertz CT molecular complexity index is 1170. The van der Waals surface area contributed by atoms with Crippen molar-refractivity contribution in [1.82, 2.24) is 15.4 Å². The molecule has 32 heavy (non-hydrogen) atoms. The van der Waals surface area contributed by atoms with Crippen LogP contribution in [0.25, 0.3) is 0 Å². The lowest BCUT2D eigenvalue weighted by molar-refractivity contribution is -0.383. The SMILES string of the molecule is COC(=O)c1ccccc1N(C)c1ncnc(NNC(=O)c2ccc(C)cc2)c1[N+](=O)[O-]. The van der Waals surface area contributed by atoms with E-state index in [0.717, 1.165) is 11.9 Å². The van der Waals surface area contributed by atoms with Gasteiger partial charge in [-0.25, -0.2) is 14.8 Å². The van der Waals surface area contributed by atoms with E-state index >= 15 is 0 Å². The third-order valence-corrected chi connectivity index (χ3v) is 4.58. The summed E-state index contributed by atoms with van der Waals surface area (Å²) in [6.45, 7) is 1.89. The van der Waals surface area contributed by atoms with Crippen LogP contribution in [0, 0.1) is 17.0 Å². The zero-order valence-electron chi connectivity index (χ0n) is 17.5. The van der Waals surface area contributed by atoms with Crippen molar-refractivity contribution in [2.75, 3.05) is 24.5 Å². The molecule has 0 saturated carbocycles. The molecule has 3 aromatic rings. The lowest BCUT2D eigenvalue weighted by Gasteiger charge is -2.21. The maximum Gasteiger partial charge on any atom is 0.355 e. The molecule has 0 aliphatic heterocycles. The lowest BCUT2D eigenvalue weighted by atomic mass is 10.1. The number of methoxy groups -OCH3 is 1. The minimum atomic E-state index is -0.674. The molecule has 0 aliphatic carbocycles. The predicted molar refractivity (Wildman–Crippen MR) is 117 cm³/mol. The summed E-state index contributed by atoms with van der Waals surface area (Å²) in [6.07, 6.45) is 1.11. The Morgan fingerprint density at radius 2 is 1.78 bits per heavy atom. The van der Waals surface area contributed by atoms with Crippen molar-refractivity contribution in [2.45, 2.75) is 6.92 Å². The van der Waals surface area contributed by atoms with Gasteiger partial charge in [0.15, 0.2) is 0 Å². The number of amides is 1. The number of aryl methyl sites for hydroxylation is 1. The summed E-state index contributed by atoms with van der Waals surface area (Å²) in [5.74, 6) is -1.41. The van der Waals surface area contributed by atoms with Gasteiger partial charge in [0, 0.05) is 12.6 Å². The number of para-hydroxylation sites is 1. The summed E-state index contributed by atoms with van der Waals surface area (Å²) in [7, 11) is 2.76. The van der Waals surface area contributed by atoms with Gasteiger partial charge in [-0.3, -0.25) is 25.8 Å². The molecule has 11 heteroatoms. The number of hydrogen-bond acceptors (Lipinski definition) is 9. The van der Waals surface area contributed by atoms with E-state index in [1.54, 1.807) is 42.5 Å². The fourth-order valence-electron chi connectivity index (χ4n) is 2.93. The molecule has 0 saturated heterocycles. The second kappa shape index (κ2) is 9.51. The quantitative estimate of drug-likeness (QED) is 0.325. The highest BCUT2D eigenvalue weighted by Gasteiger charge is 2.28. The molecule has 0 fully saturated rings. The Morgan fingerprint density at radius 1 is 1.09 bits per heavy atom. The number of anilines is 3. The van der Waals surface area contributed by atoms with Crippen LogP contribution in [0.15, 0.2) is 54.9 Å². The normalized spacial score (nSPS) is 10.2. The largest absolute Gasteiger partial charge is 0.465 e. The first-order chi connectivity index (χ1) is 15.3. The van der Waals surface area contributed by atoms with Crippen LogP contribution in [-0.2, 0) is 4.74 Å². The molecule has 164 valence electrons. The lowest BCUT2D eigenvalue weighted by Crippen LogP contribution is -2.30. The summed E-state index contributed by atoms with van der Waals surface area (Å²) in [6, 6.07) is 13.3. The molecule has 2 aromatic carbocycles. The van der Waals surface area contributed by atoms with Crippen molar-refractivity contribution in [1.29, 1.82) is 0 Å². The van der Waals surface area contributed by atoms with Crippen LogP contribution in [0.4, 0.5) is 23.0 Å². The zero-order chi connectivity index (χ0) is 23.3. The fourth-order valence-corrected chi connectivity index (χ4v) is 2.93. The maximum atomic E-state index is 12.4. The van der Waals surface area contributed by atoms with Crippen LogP contribution in [0.2, 0.25) is 0 Å². The van der Waals surface area contributed by atoms with E-state index in [9.17, 15) is 19.7 Å². The highest BCUT2D eigenvalue weighted by molar-refractivity contribution is 5.97. The molecule has 3 rings (SSSR count). The third kappa shape index (κ3) is 4.61. The number of nitrogens with one attached hydrogen (secondary N) is 2. The van der Waals surface area contributed by atoms with Gasteiger partial charge in [-0.1, -0.05) is 29.8 Å². The smallest absolute Gasteiger partial charge is 0.355 e. The number of esters is 1. The molecule has 1 heterocycles. The molecular formula is C21H20N6O5. The summed E-state index contributed by atoms with van der Waals surface area (Å²) in [4.78, 5) is 44.9. The van der Waals surface area contributed by atoms with Crippen LogP contribution in [0.1, 0.15) is 26.3 Å². The van der Waals surface area contributed by atoms with Crippen molar-refractivity contribution in [3.63, 3.8) is 0 Å². The number of hydrazine groups is 1. The molecule has 11 nitrogen and oxygen atoms in total. The molecule has 0 bridgehead atoms. The second-order valence-corrected chi connectivity index (χ2v) is 6.66. The minimum absolute atomic E-state index is 0.0894. The molecule has 1 amide bonds. The highest BCUT2D eigenvalue weighted by atomic mass is 16.6. The number of ether oxygens (including phenoxy) is 1. The molecule has 0 radical (unpaired) electrons. The molecular weight excluding hydrogens is 416 g/mol. The van der Waals surface area contributed by atoms with E-state index in [1.807, 2.05) is 6.92 Å². The van der Waals surface area contributed by atoms with E-state index in [1.165, 1.54) is 25.1 Å². The number of carbonyl (C=O) groups excluding carboxylic acids is 2. The average Bonchev–Trinajstić information content (AvgIpc) is 2.81. The van der Waals surface area contributed by atoms with Gasteiger partial charge in [-0.05, 0) is 31.2 Å². The van der Waals surface area contributed by atoms with E-state index in [-0.39, 0.29) is 17.2 Å². The van der Waals surface area contributed by atoms with Gasteiger partial charge < -0.3 is 9.64 Å². The van der Waals surface area contributed by atoms with Crippen LogP contribution in [0.5, 0.6) is 0 Å². The first-order valence-corrected chi connectivity index (χ1v) is 9.37. The van der Waals surface area contributed by atoms with Gasteiger partial charge in [0.05, 0.1) is 23.3 Å². The zero-order valence-corrected chi connectivity index (χ0v) is 17.5. The molecule has 0 atom stereocenters. The van der Waals surface area contributed by atoms with Crippen LogP contribution in [-0.4, -0.2) is 40.9 Å². The molecule has 0 spiro atoms. The van der Waals surface area contributed by atoms with Gasteiger partial charge in [-0.15, -0.1) is 0 Å². The van der Waals surface area contributed by atoms with Gasteiger partial charge in [0.2, 0.25) is 11.6 Å². The molecule has 0 unspecified atom stereocenters. The number of nitro groups is 1. The van der Waals surface area contributed by atoms with Crippen molar-refractivity contribution in [2.24, 2.45) is 0 Å². The monoisotopic (exact) mass is 436 g/mol. The molecule has 1 aromatic heterocycles. The topological polar surface area (TPSA) is 140 Å². The summed E-state index contributed by atoms with van der Waals surface area (Å²) in [5.41, 5.74) is 6.30. The fraction of sp³-hybridized carbons (Fsp3) is 0.143. The number of nitrogens with zero attached hydrogens (tertiary/aromatic N) is 4. The van der Waals surface area contributed by atoms with Gasteiger partial charge >= 0.3 is 11.7 Å². The Kier molecular flexibility index (Phi) is 6.59. The Balaban J connectivity index is 1.93. The molecule has 2 N–H and O–H groups in total. The van der Waals surface area contributed by atoms with Crippen molar-refractivity contribution < 1.29 is 19.2 Å². The van der Waals surface area contributed by atoms with Crippen molar-refractivity contribution in [3.05, 3.63) is 81.7 Å². The third-order valence-electron chi connectivity index (χ3n) is 4.58. The number of benzene rings is 2. The van der Waals surface area contributed by atoms with Gasteiger partial charge in [-0.2, -0.15) is 0 Å². The number of hydrogen-bond donors (Lipinski definition) is 2. The first-order valence-electron chi connectivity index (χ1n) is 9.37. The van der Waals surface area contributed by atoms with Crippen LogP contribution < -0.4 is 15.8 Å². The van der Waals surface area contributed by atoms with Crippen LogP contribution in [0.3, 0.4) is 0 Å². The summed E-state index contributed by atoms with van der Waals surface area (Å²) >= 11 is 0. The summed E-state index contributed by atoms with van der Waals surface area (Å²) in [5, 5.41) is 11.9. The van der Waals surface area contributed by atoms with Gasteiger partial charge in [0.1, 0.15) is 6.33 Å². The van der Waals surface area contributed by atoms with E-state index in [4.69, 9.17) is 4.74 Å². The Morgan fingerprint density at radius 3 is 2.44 bits per heavy atom. The number of rotatable bonds is 7. The van der Waals surface area contributed by atoms with Crippen molar-refractivity contribution >= 4 is 34.9 Å².